The number of carbonyl (C=O) groups is 4. The molecule has 0 aromatic carbocycles. The predicted molar refractivity (Wildman–Crippen MR) is 349 cm³/mol. The number of phosphoric acid groups is 2. The van der Waals surface area contributed by atoms with E-state index in [1.54, 1.807) is 0 Å². The third-order valence-corrected chi connectivity index (χ3v) is 18.0. The molecule has 0 aliphatic rings. The van der Waals surface area contributed by atoms with E-state index in [4.69, 9.17) is 37.0 Å². The molecule has 0 spiro atoms. The van der Waals surface area contributed by atoms with Gasteiger partial charge in [-0.05, 0) is 31.6 Å². The lowest BCUT2D eigenvalue weighted by atomic mass is 9.99. The van der Waals surface area contributed by atoms with Crippen LogP contribution in [0, 0.1) is 5.92 Å². The lowest BCUT2D eigenvalue weighted by molar-refractivity contribution is -0.161. The molecule has 0 bridgehead atoms. The minimum atomic E-state index is -4.95. The van der Waals surface area contributed by atoms with Gasteiger partial charge in [-0.2, -0.15) is 0 Å². The Hall–Kier alpha value is -1.94. The Balaban J connectivity index is 5.20. The number of aliphatic hydroxyl groups is 1. The fraction of sp³-hybridized carbons (Fsp3) is 0.941. The minimum absolute atomic E-state index is 0.106. The number of ether oxygens (including phenoxy) is 4. The number of carbonyl (C=O) groups excluding carboxylic acids is 4. The van der Waals surface area contributed by atoms with Crippen molar-refractivity contribution in [2.75, 3.05) is 39.6 Å². The van der Waals surface area contributed by atoms with Crippen LogP contribution in [0.3, 0.4) is 0 Å². The Bertz CT molecular complexity index is 1690. The van der Waals surface area contributed by atoms with Gasteiger partial charge in [0.2, 0.25) is 0 Å². The number of esters is 4. The minimum Gasteiger partial charge on any atom is -0.462 e. The van der Waals surface area contributed by atoms with Gasteiger partial charge in [0.25, 0.3) is 0 Å². The molecule has 0 aliphatic heterocycles. The molecule has 0 radical (unpaired) electrons. The second-order valence-electron chi connectivity index (χ2n) is 24.8. The summed E-state index contributed by atoms with van der Waals surface area (Å²) in [7, 11) is -9.89. The summed E-state index contributed by atoms with van der Waals surface area (Å²) in [5.41, 5.74) is 0. The highest BCUT2D eigenvalue weighted by atomic mass is 31.2. The van der Waals surface area contributed by atoms with Gasteiger partial charge >= 0.3 is 39.5 Å². The van der Waals surface area contributed by atoms with Crippen LogP contribution in [0.5, 0.6) is 0 Å². The average Bonchev–Trinajstić information content (AvgIpc) is 3.69. The number of hydrogen-bond acceptors (Lipinski definition) is 15. The van der Waals surface area contributed by atoms with Crippen LogP contribution in [0.2, 0.25) is 0 Å². The number of rotatable bonds is 68. The largest absolute Gasteiger partial charge is 0.472 e. The molecule has 0 fully saturated rings. The average molecular weight is 1280 g/mol. The molecular weight excluding hydrogens is 1150 g/mol. The van der Waals surface area contributed by atoms with Crippen molar-refractivity contribution in [1.82, 2.24) is 0 Å². The fourth-order valence-corrected chi connectivity index (χ4v) is 11.8. The molecule has 0 rings (SSSR count). The third-order valence-electron chi connectivity index (χ3n) is 16.1. The summed E-state index contributed by atoms with van der Waals surface area (Å²) >= 11 is 0. The van der Waals surface area contributed by atoms with Crippen LogP contribution in [0.15, 0.2) is 0 Å². The molecule has 0 saturated heterocycles. The third kappa shape index (κ3) is 61.3. The van der Waals surface area contributed by atoms with Gasteiger partial charge in [0.05, 0.1) is 26.4 Å². The maximum Gasteiger partial charge on any atom is 0.472 e. The van der Waals surface area contributed by atoms with E-state index in [0.29, 0.717) is 25.7 Å². The SMILES string of the molecule is CCCCCCCCCCCCCCCCCCC(=O)O[C@H](COC(=O)CCCCCCCCCCCCC(C)CC)COP(=O)(O)OC[C@@H](O)COP(=O)(O)OC[C@@H](COC(=O)CCCCCCCCC)OC(=O)CCCCCCCCCCCC. The summed E-state index contributed by atoms with van der Waals surface area (Å²) in [5.74, 6) is -1.32. The Labute approximate surface area is 530 Å². The van der Waals surface area contributed by atoms with Gasteiger partial charge < -0.3 is 33.8 Å². The van der Waals surface area contributed by atoms with E-state index >= 15 is 0 Å². The zero-order valence-corrected chi connectivity index (χ0v) is 57.9. The van der Waals surface area contributed by atoms with Gasteiger partial charge in [-0.3, -0.25) is 37.3 Å². The molecule has 0 amide bonds. The molecule has 0 aliphatic carbocycles. The highest BCUT2D eigenvalue weighted by Crippen LogP contribution is 2.45. The summed E-state index contributed by atoms with van der Waals surface area (Å²) in [5, 5.41) is 10.6. The molecule has 0 heterocycles. The highest BCUT2D eigenvalue weighted by Gasteiger charge is 2.30. The Morgan fingerprint density at radius 3 is 0.816 bits per heavy atom. The van der Waals surface area contributed by atoms with Crippen molar-refractivity contribution in [1.29, 1.82) is 0 Å². The zero-order valence-electron chi connectivity index (χ0n) is 56.2. The summed E-state index contributed by atoms with van der Waals surface area (Å²) in [6.07, 6.45) is 47.2. The van der Waals surface area contributed by atoms with Gasteiger partial charge in [-0.15, -0.1) is 0 Å². The van der Waals surface area contributed by atoms with Crippen molar-refractivity contribution in [3.05, 3.63) is 0 Å². The van der Waals surface area contributed by atoms with E-state index in [1.165, 1.54) is 161 Å². The first-order chi connectivity index (χ1) is 42.1. The second kappa shape index (κ2) is 61.6. The summed E-state index contributed by atoms with van der Waals surface area (Å²) < 4.78 is 68.1. The Morgan fingerprint density at radius 2 is 0.552 bits per heavy atom. The second-order valence-corrected chi connectivity index (χ2v) is 27.7. The van der Waals surface area contributed by atoms with Crippen molar-refractivity contribution < 1.29 is 80.2 Å². The van der Waals surface area contributed by atoms with E-state index in [-0.39, 0.29) is 25.7 Å². The zero-order chi connectivity index (χ0) is 64.2. The number of hydrogen-bond donors (Lipinski definition) is 3. The Morgan fingerprint density at radius 1 is 0.322 bits per heavy atom. The van der Waals surface area contributed by atoms with Crippen LogP contribution in [0.4, 0.5) is 0 Å². The molecule has 3 unspecified atom stereocenters. The summed E-state index contributed by atoms with van der Waals surface area (Å²) in [6, 6.07) is 0. The van der Waals surface area contributed by atoms with Crippen molar-refractivity contribution in [2.24, 2.45) is 5.92 Å². The van der Waals surface area contributed by atoms with Crippen LogP contribution < -0.4 is 0 Å². The van der Waals surface area contributed by atoms with Gasteiger partial charge in [0.1, 0.15) is 19.3 Å². The molecule has 3 N–H and O–H groups in total. The first-order valence-corrected chi connectivity index (χ1v) is 38.7. The van der Waals surface area contributed by atoms with Crippen molar-refractivity contribution >= 4 is 39.5 Å². The molecular formula is C68H132O17P2. The molecule has 516 valence electrons. The summed E-state index contributed by atoms with van der Waals surface area (Å²) in [4.78, 5) is 72.3. The van der Waals surface area contributed by atoms with Crippen molar-refractivity contribution in [2.45, 2.75) is 368 Å². The lowest BCUT2D eigenvalue weighted by Crippen LogP contribution is -2.30. The smallest absolute Gasteiger partial charge is 0.462 e. The van der Waals surface area contributed by atoms with E-state index < -0.39 is 97.5 Å². The van der Waals surface area contributed by atoms with Crippen LogP contribution in [0.1, 0.15) is 349 Å². The van der Waals surface area contributed by atoms with E-state index in [9.17, 15) is 43.2 Å². The molecule has 19 heteroatoms. The van der Waals surface area contributed by atoms with E-state index in [0.717, 1.165) is 109 Å². The number of phosphoric ester groups is 2. The quantitative estimate of drug-likeness (QED) is 0.0222. The van der Waals surface area contributed by atoms with Crippen LogP contribution >= 0.6 is 15.6 Å². The van der Waals surface area contributed by atoms with Crippen molar-refractivity contribution in [3.63, 3.8) is 0 Å². The maximum atomic E-state index is 13.0. The molecule has 0 aromatic rings. The number of aliphatic hydroxyl groups excluding tert-OH is 1. The van der Waals surface area contributed by atoms with Gasteiger partial charge in [0.15, 0.2) is 12.2 Å². The van der Waals surface area contributed by atoms with Crippen molar-refractivity contribution in [3.8, 4) is 0 Å². The molecule has 17 nitrogen and oxygen atoms in total. The summed E-state index contributed by atoms with van der Waals surface area (Å²) in [6.45, 7) is 7.21. The highest BCUT2D eigenvalue weighted by molar-refractivity contribution is 7.47. The topological polar surface area (TPSA) is 237 Å². The molecule has 87 heavy (non-hydrogen) atoms. The monoisotopic (exact) mass is 1280 g/mol. The van der Waals surface area contributed by atoms with E-state index in [2.05, 4.69) is 34.6 Å². The normalized spacial score (nSPS) is 14.4. The standard InChI is InChI=1S/C68H132O17P2/c1-6-10-13-16-19-21-23-24-25-26-27-28-34-39-44-49-54-68(73)85-64(58-79-66(71)52-47-42-37-33-30-29-31-36-40-45-50-61(5)9-4)60-83-87(76,77)81-56-62(69)55-80-86(74,75)82-59-63(57-78-65(70)51-46-41-35-18-15-12-8-3)84-67(72)53-48-43-38-32-22-20-17-14-11-7-2/h61-64,69H,6-60H2,1-5H3,(H,74,75)(H,76,77)/t61?,62-,63+,64+/m0/s1. The maximum absolute atomic E-state index is 13.0. The fourth-order valence-electron chi connectivity index (χ4n) is 10.3. The first kappa shape index (κ1) is 85.1. The van der Waals surface area contributed by atoms with Crippen LogP contribution in [-0.4, -0.2) is 96.7 Å². The molecule has 6 atom stereocenters. The van der Waals surface area contributed by atoms with Crippen LogP contribution in [0.25, 0.3) is 0 Å². The first-order valence-electron chi connectivity index (χ1n) is 35.7. The Kier molecular flexibility index (Phi) is 60.2. The van der Waals surface area contributed by atoms with Gasteiger partial charge in [0, 0.05) is 25.7 Å². The van der Waals surface area contributed by atoms with Crippen LogP contribution in [-0.2, 0) is 65.4 Å². The lowest BCUT2D eigenvalue weighted by Gasteiger charge is -2.21. The molecule has 0 aromatic heterocycles. The molecule has 0 saturated carbocycles. The van der Waals surface area contributed by atoms with E-state index in [1.807, 2.05) is 0 Å². The number of unbranched alkanes of at least 4 members (excludes halogenated alkanes) is 39. The van der Waals surface area contributed by atoms with Gasteiger partial charge in [-0.1, -0.05) is 298 Å². The predicted octanol–water partition coefficient (Wildman–Crippen LogP) is 19.4. The van der Waals surface area contributed by atoms with Gasteiger partial charge in [-0.25, -0.2) is 9.13 Å².